The minimum atomic E-state index is -0.295. The van der Waals surface area contributed by atoms with Crippen LogP contribution >= 0.6 is 34.3 Å². The van der Waals surface area contributed by atoms with Gasteiger partial charge in [0.1, 0.15) is 16.5 Å². The van der Waals surface area contributed by atoms with Crippen molar-refractivity contribution in [3.05, 3.63) is 70.4 Å². The highest BCUT2D eigenvalue weighted by molar-refractivity contribution is 7.23. The molecule has 1 amide bonds. The zero-order valence-corrected chi connectivity index (χ0v) is 16.0. The van der Waals surface area contributed by atoms with Gasteiger partial charge in [0.05, 0.1) is 15.4 Å². The van der Waals surface area contributed by atoms with E-state index in [0.717, 1.165) is 9.88 Å². The van der Waals surface area contributed by atoms with Crippen LogP contribution in [0.4, 0.5) is 5.69 Å². The number of ether oxygens (including phenoxy) is 1. The summed E-state index contributed by atoms with van der Waals surface area (Å²) >= 11 is 8.78. The van der Waals surface area contributed by atoms with Crippen molar-refractivity contribution in [2.75, 3.05) is 5.32 Å². The lowest BCUT2D eigenvalue weighted by molar-refractivity contribution is 0.102. The maximum atomic E-state index is 12.5. The molecule has 4 aromatic rings. The van der Waals surface area contributed by atoms with E-state index in [0.29, 0.717) is 27.3 Å². The van der Waals surface area contributed by atoms with Crippen molar-refractivity contribution in [1.82, 2.24) is 15.0 Å². The number of amides is 1. The Labute approximate surface area is 167 Å². The molecular formula is C18H11ClN4O2S2. The minimum absolute atomic E-state index is 0.295. The topological polar surface area (TPSA) is 77.0 Å². The van der Waals surface area contributed by atoms with Crippen LogP contribution in [0.2, 0.25) is 4.34 Å². The number of hydrogen-bond acceptors (Lipinski definition) is 7. The SMILES string of the molecule is O=C(Nc1cccc(Oc2cnccn2)c1)c1csc(-c2ccc(Cl)s2)n1. The van der Waals surface area contributed by atoms with E-state index in [9.17, 15) is 4.79 Å². The summed E-state index contributed by atoms with van der Waals surface area (Å²) < 4.78 is 6.31. The Balaban J connectivity index is 1.47. The molecule has 0 saturated carbocycles. The second-order valence-corrected chi connectivity index (χ2v) is 7.84. The molecule has 3 aromatic heterocycles. The van der Waals surface area contributed by atoms with Crippen molar-refractivity contribution < 1.29 is 9.53 Å². The van der Waals surface area contributed by atoms with Gasteiger partial charge in [-0.1, -0.05) is 17.7 Å². The number of halogens is 1. The Morgan fingerprint density at radius 3 is 2.89 bits per heavy atom. The fourth-order valence-corrected chi connectivity index (χ4v) is 4.13. The van der Waals surface area contributed by atoms with Crippen molar-refractivity contribution in [2.45, 2.75) is 0 Å². The molecule has 0 aliphatic heterocycles. The first-order chi connectivity index (χ1) is 13.2. The van der Waals surface area contributed by atoms with Crippen LogP contribution in [-0.4, -0.2) is 20.9 Å². The van der Waals surface area contributed by atoms with Gasteiger partial charge in [-0.2, -0.15) is 0 Å². The van der Waals surface area contributed by atoms with Gasteiger partial charge in [-0.15, -0.1) is 22.7 Å². The van der Waals surface area contributed by atoms with Gasteiger partial charge in [-0.05, 0) is 24.3 Å². The summed E-state index contributed by atoms with van der Waals surface area (Å²) in [6.45, 7) is 0. The third kappa shape index (κ3) is 4.30. The Bertz CT molecular complexity index is 1080. The van der Waals surface area contributed by atoms with Gasteiger partial charge in [-0.3, -0.25) is 9.78 Å². The highest BCUT2D eigenvalue weighted by Crippen LogP contribution is 2.33. The molecule has 0 saturated heterocycles. The molecule has 1 N–H and O–H groups in total. The summed E-state index contributed by atoms with van der Waals surface area (Å²) in [5.41, 5.74) is 0.940. The molecule has 0 radical (unpaired) electrons. The summed E-state index contributed by atoms with van der Waals surface area (Å²) in [6, 6.07) is 10.7. The lowest BCUT2D eigenvalue weighted by Crippen LogP contribution is -2.12. The first-order valence-electron chi connectivity index (χ1n) is 7.74. The molecule has 0 fully saturated rings. The van der Waals surface area contributed by atoms with E-state index < -0.39 is 0 Å². The molecule has 4 rings (SSSR count). The van der Waals surface area contributed by atoms with Crippen molar-refractivity contribution in [3.8, 4) is 21.5 Å². The number of thiazole rings is 1. The smallest absolute Gasteiger partial charge is 0.275 e. The van der Waals surface area contributed by atoms with Crippen LogP contribution in [0.5, 0.6) is 11.6 Å². The quantitative estimate of drug-likeness (QED) is 0.475. The third-order valence-corrected chi connectivity index (χ3v) is 5.62. The first-order valence-corrected chi connectivity index (χ1v) is 9.81. The van der Waals surface area contributed by atoms with E-state index in [1.807, 2.05) is 12.1 Å². The van der Waals surface area contributed by atoms with E-state index >= 15 is 0 Å². The standard InChI is InChI=1S/C18H11ClN4O2S2/c19-15-5-4-14(27-15)18-23-13(10-26-18)17(24)22-11-2-1-3-12(8-11)25-16-9-20-6-7-21-16/h1-10H,(H,22,24). The average Bonchev–Trinajstić information content (AvgIpc) is 3.32. The number of anilines is 1. The van der Waals surface area contributed by atoms with Gasteiger partial charge in [0, 0.05) is 29.5 Å². The highest BCUT2D eigenvalue weighted by atomic mass is 35.5. The molecule has 0 spiro atoms. The number of hydrogen-bond donors (Lipinski definition) is 1. The number of nitrogens with zero attached hydrogens (tertiary/aromatic N) is 3. The van der Waals surface area contributed by atoms with Gasteiger partial charge in [0.25, 0.3) is 5.91 Å². The normalized spacial score (nSPS) is 10.6. The molecular weight excluding hydrogens is 404 g/mol. The van der Waals surface area contributed by atoms with Gasteiger partial charge >= 0.3 is 0 Å². The maximum Gasteiger partial charge on any atom is 0.275 e. The molecule has 6 nitrogen and oxygen atoms in total. The average molecular weight is 415 g/mol. The number of nitrogens with one attached hydrogen (secondary N) is 1. The molecule has 0 bridgehead atoms. The number of aromatic nitrogens is 3. The molecule has 0 aliphatic rings. The summed E-state index contributed by atoms with van der Waals surface area (Å²) in [5, 5.41) is 5.30. The Kier molecular flexibility index (Phi) is 5.10. The van der Waals surface area contributed by atoms with Gasteiger partial charge < -0.3 is 10.1 Å². The first kappa shape index (κ1) is 17.6. The predicted octanol–water partition coefficient (Wildman–Crippen LogP) is 5.36. The zero-order chi connectivity index (χ0) is 18.6. The lowest BCUT2D eigenvalue weighted by Gasteiger charge is -2.07. The van der Waals surface area contributed by atoms with Crippen molar-refractivity contribution in [2.24, 2.45) is 0 Å². The second kappa shape index (κ2) is 7.83. The van der Waals surface area contributed by atoms with Crippen LogP contribution in [-0.2, 0) is 0 Å². The number of carbonyl (C=O) groups excluding carboxylic acids is 1. The van der Waals surface area contributed by atoms with Crippen LogP contribution in [0.25, 0.3) is 9.88 Å². The van der Waals surface area contributed by atoms with Gasteiger partial charge in [0.2, 0.25) is 5.88 Å². The number of thiophene rings is 1. The third-order valence-electron chi connectivity index (χ3n) is 3.37. The van der Waals surface area contributed by atoms with Gasteiger partial charge in [-0.25, -0.2) is 9.97 Å². The number of rotatable bonds is 5. The fourth-order valence-electron chi connectivity index (χ4n) is 2.21. The molecule has 134 valence electrons. The Morgan fingerprint density at radius 1 is 1.19 bits per heavy atom. The molecule has 9 heteroatoms. The number of carbonyl (C=O) groups is 1. The zero-order valence-electron chi connectivity index (χ0n) is 13.6. The Morgan fingerprint density at radius 2 is 2.11 bits per heavy atom. The molecule has 0 aliphatic carbocycles. The van der Waals surface area contributed by atoms with Gasteiger partial charge in [0.15, 0.2) is 0 Å². The molecule has 27 heavy (non-hydrogen) atoms. The van der Waals surface area contributed by atoms with Crippen molar-refractivity contribution in [3.63, 3.8) is 0 Å². The van der Waals surface area contributed by atoms with E-state index in [-0.39, 0.29) is 5.91 Å². The minimum Gasteiger partial charge on any atom is -0.437 e. The molecule has 3 heterocycles. The molecule has 1 aromatic carbocycles. The van der Waals surface area contributed by atoms with E-state index in [1.165, 1.54) is 28.9 Å². The van der Waals surface area contributed by atoms with Crippen LogP contribution in [0.15, 0.2) is 60.4 Å². The number of benzene rings is 1. The largest absolute Gasteiger partial charge is 0.437 e. The maximum absolute atomic E-state index is 12.5. The summed E-state index contributed by atoms with van der Waals surface area (Å²) in [5.74, 6) is 0.622. The van der Waals surface area contributed by atoms with E-state index in [1.54, 1.807) is 42.0 Å². The summed E-state index contributed by atoms with van der Waals surface area (Å²) in [6.07, 6.45) is 4.62. The fraction of sp³-hybridized carbons (Fsp3) is 0. The summed E-state index contributed by atoms with van der Waals surface area (Å²) in [4.78, 5) is 25.8. The predicted molar refractivity (Wildman–Crippen MR) is 107 cm³/mol. The summed E-state index contributed by atoms with van der Waals surface area (Å²) in [7, 11) is 0. The van der Waals surface area contributed by atoms with Crippen LogP contribution in [0.3, 0.4) is 0 Å². The van der Waals surface area contributed by atoms with Crippen LogP contribution in [0.1, 0.15) is 10.5 Å². The van der Waals surface area contributed by atoms with Crippen LogP contribution < -0.4 is 10.1 Å². The Hall–Kier alpha value is -2.81. The molecule has 0 atom stereocenters. The monoisotopic (exact) mass is 414 g/mol. The van der Waals surface area contributed by atoms with E-state index in [2.05, 4.69) is 20.3 Å². The van der Waals surface area contributed by atoms with E-state index in [4.69, 9.17) is 16.3 Å². The highest BCUT2D eigenvalue weighted by Gasteiger charge is 2.14. The van der Waals surface area contributed by atoms with Crippen molar-refractivity contribution >= 4 is 45.9 Å². The van der Waals surface area contributed by atoms with Crippen molar-refractivity contribution in [1.29, 1.82) is 0 Å². The van der Waals surface area contributed by atoms with Crippen LogP contribution in [0, 0.1) is 0 Å². The molecule has 0 unspecified atom stereocenters. The lowest BCUT2D eigenvalue weighted by atomic mass is 10.3. The second-order valence-electron chi connectivity index (χ2n) is 5.27.